The van der Waals surface area contributed by atoms with Gasteiger partial charge >= 0.3 is 11.9 Å². The van der Waals surface area contributed by atoms with Gasteiger partial charge in [-0.05, 0) is 85.5 Å². The lowest BCUT2D eigenvalue weighted by molar-refractivity contribution is 0.0319. The minimum absolute atomic E-state index is 0.104. The first-order chi connectivity index (χ1) is 19.5. The zero-order chi connectivity index (χ0) is 28.6. The van der Waals surface area contributed by atoms with Crippen LogP contribution >= 0.6 is 0 Å². The standard InChI is InChI=1S/C35H46O5/c1-4-6-8-10-11-12-14-24-38-32-21-18-28(19-22-32)34(36)40-33-23-20-29-25-31(17-16-30(29)26-33)35(37)39-27(3)15-13-9-7-5-2/h16-23,25-27H,4-15,24H2,1-3H3. The molecule has 0 amide bonds. The molecule has 216 valence electrons. The van der Waals surface area contributed by atoms with E-state index in [1.807, 2.05) is 37.3 Å². The van der Waals surface area contributed by atoms with Gasteiger partial charge in [-0.25, -0.2) is 9.59 Å². The van der Waals surface area contributed by atoms with Crippen LogP contribution in [0.4, 0.5) is 0 Å². The van der Waals surface area contributed by atoms with E-state index in [0.29, 0.717) is 23.5 Å². The lowest BCUT2D eigenvalue weighted by Crippen LogP contribution is -2.15. The maximum atomic E-state index is 12.7. The van der Waals surface area contributed by atoms with Gasteiger partial charge in [-0.15, -0.1) is 0 Å². The molecule has 0 radical (unpaired) electrons. The Kier molecular flexibility index (Phi) is 13.5. The molecule has 0 saturated heterocycles. The fourth-order valence-corrected chi connectivity index (χ4v) is 4.68. The lowest BCUT2D eigenvalue weighted by atomic mass is 10.1. The molecule has 5 heteroatoms. The van der Waals surface area contributed by atoms with Gasteiger partial charge in [0.1, 0.15) is 11.5 Å². The summed E-state index contributed by atoms with van der Waals surface area (Å²) in [5.41, 5.74) is 0.984. The SMILES string of the molecule is CCCCCCCCCOc1ccc(C(=O)Oc2ccc3cc(C(=O)OC(C)CCCCCC)ccc3c2)cc1. The van der Waals surface area contributed by atoms with Crippen LogP contribution in [0.1, 0.15) is 119 Å². The summed E-state index contributed by atoms with van der Waals surface area (Å²) in [7, 11) is 0. The molecule has 0 fully saturated rings. The van der Waals surface area contributed by atoms with Crippen LogP contribution in [0.15, 0.2) is 60.7 Å². The van der Waals surface area contributed by atoms with Crippen molar-refractivity contribution in [2.45, 2.75) is 104 Å². The maximum Gasteiger partial charge on any atom is 0.343 e. The Morgan fingerprint density at radius 1 is 0.625 bits per heavy atom. The first kappa shape index (κ1) is 31.2. The van der Waals surface area contributed by atoms with Gasteiger partial charge in [-0.3, -0.25) is 0 Å². The van der Waals surface area contributed by atoms with Crippen LogP contribution in [0, 0.1) is 0 Å². The normalized spacial score (nSPS) is 11.8. The molecule has 0 spiro atoms. The molecule has 40 heavy (non-hydrogen) atoms. The second kappa shape index (κ2) is 17.4. The molecule has 3 rings (SSSR count). The summed E-state index contributed by atoms with van der Waals surface area (Å²) in [6, 6.07) is 17.9. The van der Waals surface area contributed by atoms with Gasteiger partial charge in [-0.1, -0.05) is 83.8 Å². The molecule has 3 aromatic carbocycles. The fraction of sp³-hybridized carbons (Fsp3) is 0.486. The van der Waals surface area contributed by atoms with Crippen LogP contribution in [-0.4, -0.2) is 24.6 Å². The third-order valence-corrected chi connectivity index (χ3v) is 7.14. The zero-order valence-electron chi connectivity index (χ0n) is 24.6. The molecule has 0 aliphatic rings. The Bertz CT molecular complexity index is 1180. The predicted molar refractivity (Wildman–Crippen MR) is 162 cm³/mol. The smallest absolute Gasteiger partial charge is 0.343 e. The van der Waals surface area contributed by atoms with E-state index in [1.165, 1.54) is 57.8 Å². The van der Waals surface area contributed by atoms with Gasteiger partial charge < -0.3 is 14.2 Å². The molecular formula is C35H46O5. The number of carbonyl (C=O) groups is 2. The highest BCUT2D eigenvalue weighted by molar-refractivity contribution is 5.96. The number of fused-ring (bicyclic) bond motifs is 1. The van der Waals surface area contributed by atoms with Crippen molar-refractivity contribution in [3.8, 4) is 11.5 Å². The van der Waals surface area contributed by atoms with Crippen molar-refractivity contribution in [1.29, 1.82) is 0 Å². The molecule has 0 heterocycles. The Hall–Kier alpha value is -3.34. The monoisotopic (exact) mass is 546 g/mol. The van der Waals surface area contributed by atoms with Crippen molar-refractivity contribution in [2.24, 2.45) is 0 Å². The van der Waals surface area contributed by atoms with Crippen molar-refractivity contribution in [3.05, 3.63) is 71.8 Å². The molecule has 0 saturated carbocycles. The minimum atomic E-state index is -0.425. The topological polar surface area (TPSA) is 61.8 Å². The molecule has 0 N–H and O–H groups in total. The number of benzene rings is 3. The molecule has 1 unspecified atom stereocenters. The molecule has 0 aliphatic carbocycles. The lowest BCUT2D eigenvalue weighted by Gasteiger charge is -2.13. The summed E-state index contributed by atoms with van der Waals surface area (Å²) in [4.78, 5) is 25.3. The largest absolute Gasteiger partial charge is 0.494 e. The Morgan fingerprint density at radius 3 is 1.93 bits per heavy atom. The van der Waals surface area contributed by atoms with Crippen LogP contribution < -0.4 is 9.47 Å². The van der Waals surface area contributed by atoms with Gasteiger partial charge in [0.2, 0.25) is 0 Å². The van der Waals surface area contributed by atoms with E-state index in [4.69, 9.17) is 14.2 Å². The van der Waals surface area contributed by atoms with Crippen molar-refractivity contribution >= 4 is 22.7 Å². The van der Waals surface area contributed by atoms with Crippen LogP contribution in [-0.2, 0) is 4.74 Å². The highest BCUT2D eigenvalue weighted by Crippen LogP contribution is 2.24. The summed E-state index contributed by atoms with van der Waals surface area (Å²) in [5, 5.41) is 1.76. The summed E-state index contributed by atoms with van der Waals surface area (Å²) < 4.78 is 17.1. The third-order valence-electron chi connectivity index (χ3n) is 7.14. The molecule has 0 bridgehead atoms. The molecule has 0 aromatic heterocycles. The number of esters is 2. The van der Waals surface area contributed by atoms with E-state index >= 15 is 0 Å². The molecule has 1 atom stereocenters. The first-order valence-electron chi connectivity index (χ1n) is 15.2. The second-order valence-corrected chi connectivity index (χ2v) is 10.7. The summed E-state index contributed by atoms with van der Waals surface area (Å²) in [5.74, 6) is 0.475. The molecule has 5 nitrogen and oxygen atoms in total. The Labute approximate surface area is 240 Å². The second-order valence-electron chi connectivity index (χ2n) is 10.7. The van der Waals surface area contributed by atoms with Gasteiger partial charge in [-0.2, -0.15) is 0 Å². The summed E-state index contributed by atoms with van der Waals surface area (Å²) in [6.45, 7) is 7.05. The molecule has 3 aromatic rings. The number of carbonyl (C=O) groups excluding carboxylic acids is 2. The number of rotatable bonds is 18. The average molecular weight is 547 g/mol. The van der Waals surface area contributed by atoms with Gasteiger partial charge in [0.05, 0.1) is 23.8 Å². The summed E-state index contributed by atoms with van der Waals surface area (Å²) in [6.07, 6.45) is 14.1. The third kappa shape index (κ3) is 10.7. The van der Waals surface area contributed by atoms with E-state index in [1.54, 1.807) is 30.3 Å². The first-order valence-corrected chi connectivity index (χ1v) is 15.2. The Balaban J connectivity index is 1.46. The highest BCUT2D eigenvalue weighted by atomic mass is 16.5. The maximum absolute atomic E-state index is 12.7. The fourth-order valence-electron chi connectivity index (χ4n) is 4.68. The van der Waals surface area contributed by atoms with E-state index in [2.05, 4.69) is 13.8 Å². The molecule has 0 aliphatic heterocycles. The van der Waals surface area contributed by atoms with Crippen LogP contribution in [0.3, 0.4) is 0 Å². The van der Waals surface area contributed by atoms with Crippen molar-refractivity contribution in [2.75, 3.05) is 6.61 Å². The van der Waals surface area contributed by atoms with E-state index in [0.717, 1.165) is 35.8 Å². The van der Waals surface area contributed by atoms with E-state index in [-0.39, 0.29) is 12.1 Å². The van der Waals surface area contributed by atoms with Crippen LogP contribution in [0.5, 0.6) is 11.5 Å². The van der Waals surface area contributed by atoms with Gasteiger partial charge in [0.15, 0.2) is 0 Å². The van der Waals surface area contributed by atoms with Crippen molar-refractivity contribution in [1.82, 2.24) is 0 Å². The Morgan fingerprint density at radius 2 is 1.20 bits per heavy atom. The molecular weight excluding hydrogens is 500 g/mol. The van der Waals surface area contributed by atoms with Gasteiger partial charge in [0, 0.05) is 0 Å². The number of hydrogen-bond acceptors (Lipinski definition) is 5. The summed E-state index contributed by atoms with van der Waals surface area (Å²) >= 11 is 0. The van der Waals surface area contributed by atoms with Crippen molar-refractivity contribution in [3.63, 3.8) is 0 Å². The van der Waals surface area contributed by atoms with Gasteiger partial charge in [0.25, 0.3) is 0 Å². The van der Waals surface area contributed by atoms with Crippen molar-refractivity contribution < 1.29 is 23.8 Å². The average Bonchev–Trinajstić information content (AvgIpc) is 2.96. The van der Waals surface area contributed by atoms with Crippen LogP contribution in [0.25, 0.3) is 10.8 Å². The van der Waals surface area contributed by atoms with E-state index in [9.17, 15) is 9.59 Å². The quantitative estimate of drug-likeness (QED) is 0.0903. The highest BCUT2D eigenvalue weighted by Gasteiger charge is 2.14. The predicted octanol–water partition coefficient (Wildman–Crippen LogP) is 9.70. The van der Waals surface area contributed by atoms with E-state index < -0.39 is 5.97 Å². The van der Waals surface area contributed by atoms with Crippen LogP contribution in [0.2, 0.25) is 0 Å². The number of ether oxygens (including phenoxy) is 3. The zero-order valence-corrected chi connectivity index (χ0v) is 24.6. The number of hydrogen-bond donors (Lipinski definition) is 0. The minimum Gasteiger partial charge on any atom is -0.494 e. The number of unbranched alkanes of at least 4 members (excludes halogenated alkanes) is 9.